The molecule has 0 spiro atoms. The Labute approximate surface area is 90.2 Å². The highest BCUT2D eigenvalue weighted by Crippen LogP contribution is 2.38. The zero-order valence-electron chi connectivity index (χ0n) is 6.94. The van der Waals surface area contributed by atoms with Gasteiger partial charge in [0.05, 0.1) is 0 Å². The Balaban J connectivity index is 2.82. The smallest absolute Gasteiger partial charge is 0.118 e. The predicted molar refractivity (Wildman–Crippen MR) is 62.5 cm³/mol. The molecule has 0 aliphatic carbocycles. The fraction of sp³-hybridized carbons (Fsp3) is 0.111. The van der Waals surface area contributed by atoms with Crippen molar-refractivity contribution in [1.29, 1.82) is 0 Å². The number of thioether (sulfide) groups is 1. The third-order valence-corrected chi connectivity index (χ3v) is 4.02. The molecule has 0 radical (unpaired) electrons. The van der Waals surface area contributed by atoms with Gasteiger partial charge in [0, 0.05) is 25.3 Å². The van der Waals surface area contributed by atoms with Crippen LogP contribution in [-0.2, 0) is 0 Å². The van der Waals surface area contributed by atoms with Crippen molar-refractivity contribution in [3.05, 3.63) is 17.5 Å². The fourth-order valence-corrected chi connectivity index (χ4v) is 3.67. The van der Waals surface area contributed by atoms with E-state index in [2.05, 4.69) is 18.0 Å². The summed E-state index contributed by atoms with van der Waals surface area (Å²) in [6.45, 7) is 0. The first-order valence-electron chi connectivity index (χ1n) is 3.69. The first kappa shape index (κ1) is 9.24. The summed E-state index contributed by atoms with van der Waals surface area (Å²) < 4.78 is 1.09. The summed E-state index contributed by atoms with van der Waals surface area (Å²) in [5.74, 6) is 0.284. The Bertz CT molecular complexity index is 447. The lowest BCUT2D eigenvalue weighted by Gasteiger charge is -1.99. The Hall–Kier alpha value is -0.320. The van der Waals surface area contributed by atoms with Crippen LogP contribution >= 0.6 is 35.7 Å². The van der Waals surface area contributed by atoms with Gasteiger partial charge in [0.1, 0.15) is 5.75 Å². The predicted octanol–water partition coefficient (Wildman–Crippen LogP) is 3.62. The summed E-state index contributed by atoms with van der Waals surface area (Å²) in [5, 5.41) is 12.6. The molecule has 1 aromatic heterocycles. The SMILES string of the molecule is CSc1csc2cc(O)cc(S)c12. The average molecular weight is 228 g/mol. The summed E-state index contributed by atoms with van der Waals surface area (Å²) >= 11 is 7.69. The Morgan fingerprint density at radius 3 is 2.92 bits per heavy atom. The molecule has 1 aromatic carbocycles. The number of thiophene rings is 1. The zero-order chi connectivity index (χ0) is 9.42. The molecular formula is C9H8OS3. The Morgan fingerprint density at radius 1 is 1.46 bits per heavy atom. The van der Waals surface area contributed by atoms with Crippen molar-refractivity contribution in [2.45, 2.75) is 9.79 Å². The molecule has 0 unspecified atom stereocenters. The highest BCUT2D eigenvalue weighted by atomic mass is 32.2. The van der Waals surface area contributed by atoms with Crippen molar-refractivity contribution >= 4 is 45.8 Å². The van der Waals surface area contributed by atoms with E-state index in [1.807, 2.05) is 6.26 Å². The average Bonchev–Trinajstić information content (AvgIpc) is 2.47. The van der Waals surface area contributed by atoms with Crippen molar-refractivity contribution in [2.24, 2.45) is 0 Å². The molecule has 0 saturated carbocycles. The Morgan fingerprint density at radius 2 is 2.23 bits per heavy atom. The molecule has 1 N–H and O–H groups in total. The van der Waals surface area contributed by atoms with Gasteiger partial charge < -0.3 is 5.11 Å². The second-order valence-electron chi connectivity index (χ2n) is 2.64. The van der Waals surface area contributed by atoms with E-state index in [1.165, 1.54) is 4.90 Å². The quantitative estimate of drug-likeness (QED) is 0.574. The van der Waals surface area contributed by atoms with Crippen molar-refractivity contribution in [3.8, 4) is 5.75 Å². The lowest BCUT2D eigenvalue weighted by Crippen LogP contribution is -1.71. The van der Waals surface area contributed by atoms with Crippen LogP contribution in [0.4, 0.5) is 0 Å². The van der Waals surface area contributed by atoms with E-state index in [1.54, 1.807) is 35.2 Å². The van der Waals surface area contributed by atoms with Crippen LogP contribution < -0.4 is 0 Å². The molecule has 0 atom stereocenters. The van der Waals surface area contributed by atoms with Gasteiger partial charge in [-0.1, -0.05) is 0 Å². The zero-order valence-corrected chi connectivity index (χ0v) is 9.47. The van der Waals surface area contributed by atoms with Gasteiger partial charge in [0.25, 0.3) is 0 Å². The molecule has 2 rings (SSSR count). The summed E-state index contributed by atoms with van der Waals surface area (Å²) in [5.41, 5.74) is 0. The largest absolute Gasteiger partial charge is 0.508 e. The number of hydrogen-bond acceptors (Lipinski definition) is 4. The number of benzene rings is 1. The number of phenols is 1. The summed E-state index contributed by atoms with van der Waals surface area (Å²) in [4.78, 5) is 2.07. The summed E-state index contributed by atoms with van der Waals surface area (Å²) in [6.07, 6.45) is 2.04. The molecule has 68 valence electrons. The number of aromatic hydroxyl groups is 1. The fourth-order valence-electron chi connectivity index (χ4n) is 1.25. The molecule has 4 heteroatoms. The van der Waals surface area contributed by atoms with E-state index >= 15 is 0 Å². The minimum Gasteiger partial charge on any atom is -0.508 e. The minimum atomic E-state index is 0.284. The van der Waals surface area contributed by atoms with E-state index in [4.69, 9.17) is 0 Å². The number of rotatable bonds is 1. The lowest BCUT2D eigenvalue weighted by molar-refractivity contribution is 0.475. The molecule has 0 aliphatic rings. The van der Waals surface area contributed by atoms with Crippen LogP contribution in [0.5, 0.6) is 5.75 Å². The second kappa shape index (κ2) is 3.44. The third-order valence-electron chi connectivity index (χ3n) is 1.83. The number of thiol groups is 1. The standard InChI is InChI=1S/C9H8OS3/c1-12-8-4-13-7-3-5(10)2-6(11)9(7)8/h2-4,10-11H,1H3. The van der Waals surface area contributed by atoms with Crippen molar-refractivity contribution in [2.75, 3.05) is 6.26 Å². The highest BCUT2D eigenvalue weighted by molar-refractivity contribution is 7.99. The monoisotopic (exact) mass is 228 g/mol. The molecule has 1 nitrogen and oxygen atoms in total. The second-order valence-corrected chi connectivity index (χ2v) is 4.88. The van der Waals surface area contributed by atoms with Gasteiger partial charge in [-0.05, 0) is 18.4 Å². The normalized spacial score (nSPS) is 10.9. The van der Waals surface area contributed by atoms with Gasteiger partial charge in [-0.25, -0.2) is 0 Å². The van der Waals surface area contributed by atoms with E-state index < -0.39 is 0 Å². The Kier molecular flexibility index (Phi) is 2.45. The molecule has 0 bridgehead atoms. The van der Waals surface area contributed by atoms with Crippen LogP contribution in [0, 0.1) is 0 Å². The van der Waals surface area contributed by atoms with Gasteiger partial charge in [0.15, 0.2) is 0 Å². The molecule has 0 aliphatic heterocycles. The molecule has 1 heterocycles. The first-order chi connectivity index (χ1) is 6.22. The highest BCUT2D eigenvalue weighted by Gasteiger charge is 2.07. The van der Waals surface area contributed by atoms with Crippen molar-refractivity contribution in [1.82, 2.24) is 0 Å². The van der Waals surface area contributed by atoms with Crippen molar-refractivity contribution < 1.29 is 5.11 Å². The molecular weight excluding hydrogens is 220 g/mol. The van der Waals surface area contributed by atoms with Gasteiger partial charge >= 0.3 is 0 Å². The van der Waals surface area contributed by atoms with Gasteiger partial charge in [0.2, 0.25) is 0 Å². The third kappa shape index (κ3) is 1.54. The first-order valence-corrected chi connectivity index (χ1v) is 6.24. The van der Waals surface area contributed by atoms with Crippen LogP contribution in [0.2, 0.25) is 0 Å². The maximum atomic E-state index is 9.34. The van der Waals surface area contributed by atoms with E-state index in [0.717, 1.165) is 15.0 Å². The number of hydrogen-bond donors (Lipinski definition) is 2. The number of fused-ring (bicyclic) bond motifs is 1. The molecule has 0 amide bonds. The maximum absolute atomic E-state index is 9.34. The van der Waals surface area contributed by atoms with Crippen LogP contribution in [0.3, 0.4) is 0 Å². The molecule has 0 saturated heterocycles. The van der Waals surface area contributed by atoms with Crippen LogP contribution in [0.15, 0.2) is 27.3 Å². The van der Waals surface area contributed by atoms with Gasteiger partial charge in [-0.3, -0.25) is 0 Å². The summed E-state index contributed by atoms with van der Waals surface area (Å²) in [6, 6.07) is 3.46. The lowest BCUT2D eigenvalue weighted by atomic mass is 10.2. The number of phenolic OH excluding ortho intramolecular Hbond substituents is 1. The maximum Gasteiger partial charge on any atom is 0.118 e. The molecule has 2 aromatic rings. The van der Waals surface area contributed by atoms with Crippen LogP contribution in [0.25, 0.3) is 10.1 Å². The molecule has 13 heavy (non-hydrogen) atoms. The van der Waals surface area contributed by atoms with Gasteiger partial charge in [-0.15, -0.1) is 35.7 Å². The minimum absolute atomic E-state index is 0.284. The molecule has 0 fully saturated rings. The topological polar surface area (TPSA) is 20.2 Å². The van der Waals surface area contributed by atoms with Crippen molar-refractivity contribution in [3.63, 3.8) is 0 Å². The summed E-state index contributed by atoms with van der Waals surface area (Å²) in [7, 11) is 0. The van der Waals surface area contributed by atoms with E-state index in [0.29, 0.717) is 0 Å². The van der Waals surface area contributed by atoms with Gasteiger partial charge in [-0.2, -0.15) is 0 Å². The van der Waals surface area contributed by atoms with Crippen LogP contribution in [0.1, 0.15) is 0 Å². The van der Waals surface area contributed by atoms with Crippen LogP contribution in [-0.4, -0.2) is 11.4 Å². The van der Waals surface area contributed by atoms with E-state index in [-0.39, 0.29) is 5.75 Å². The van der Waals surface area contributed by atoms with E-state index in [9.17, 15) is 5.11 Å².